The van der Waals surface area contributed by atoms with Gasteiger partial charge in [-0.1, -0.05) is 13.8 Å². The van der Waals surface area contributed by atoms with Crippen molar-refractivity contribution in [3.8, 4) is 0 Å². The molecule has 0 spiro atoms. The van der Waals surface area contributed by atoms with E-state index < -0.39 is 0 Å². The van der Waals surface area contributed by atoms with Gasteiger partial charge in [0.25, 0.3) is 0 Å². The monoisotopic (exact) mass is 241 g/mol. The van der Waals surface area contributed by atoms with E-state index in [1.54, 1.807) is 7.05 Å². The third kappa shape index (κ3) is 4.28. The highest BCUT2D eigenvalue weighted by atomic mass is 16.1. The highest BCUT2D eigenvalue weighted by Gasteiger charge is 2.26. The van der Waals surface area contributed by atoms with Crippen molar-refractivity contribution < 1.29 is 4.79 Å². The summed E-state index contributed by atoms with van der Waals surface area (Å²) >= 11 is 0. The van der Waals surface area contributed by atoms with Crippen molar-refractivity contribution in [3.63, 3.8) is 0 Å². The minimum absolute atomic E-state index is 0.0893. The van der Waals surface area contributed by atoms with Gasteiger partial charge in [-0.15, -0.1) is 0 Å². The summed E-state index contributed by atoms with van der Waals surface area (Å²) in [5.41, 5.74) is 5.78. The van der Waals surface area contributed by atoms with Gasteiger partial charge in [-0.3, -0.25) is 9.69 Å². The van der Waals surface area contributed by atoms with Crippen molar-refractivity contribution in [1.82, 2.24) is 10.2 Å². The molecule has 0 saturated carbocycles. The maximum absolute atomic E-state index is 11.4. The summed E-state index contributed by atoms with van der Waals surface area (Å²) in [6.07, 6.45) is 3.00. The van der Waals surface area contributed by atoms with Gasteiger partial charge in [0.2, 0.25) is 5.91 Å². The Balaban J connectivity index is 2.42. The Morgan fingerprint density at radius 1 is 1.41 bits per heavy atom. The van der Waals surface area contributed by atoms with Gasteiger partial charge in [0.1, 0.15) is 0 Å². The molecule has 1 fully saturated rings. The van der Waals surface area contributed by atoms with E-state index in [-0.39, 0.29) is 11.9 Å². The molecule has 1 unspecified atom stereocenters. The molecule has 1 aliphatic heterocycles. The molecule has 0 radical (unpaired) electrons. The van der Waals surface area contributed by atoms with Gasteiger partial charge in [0.15, 0.2) is 0 Å². The molecule has 100 valence electrons. The molecule has 17 heavy (non-hydrogen) atoms. The van der Waals surface area contributed by atoms with Crippen LogP contribution in [0.3, 0.4) is 0 Å². The zero-order valence-corrected chi connectivity index (χ0v) is 11.4. The number of hydrogen-bond acceptors (Lipinski definition) is 3. The first kappa shape index (κ1) is 14.5. The van der Waals surface area contributed by atoms with Crippen LogP contribution >= 0.6 is 0 Å². The minimum Gasteiger partial charge on any atom is -0.359 e. The summed E-state index contributed by atoms with van der Waals surface area (Å²) in [5, 5.41) is 2.67. The first-order valence-corrected chi connectivity index (χ1v) is 6.73. The fraction of sp³-hybridized carbons (Fsp3) is 0.923. The lowest BCUT2D eigenvalue weighted by Gasteiger charge is -2.38. The second-order valence-corrected chi connectivity index (χ2v) is 5.38. The van der Waals surface area contributed by atoms with Gasteiger partial charge in [0.05, 0.1) is 0 Å². The second kappa shape index (κ2) is 6.97. The van der Waals surface area contributed by atoms with Gasteiger partial charge < -0.3 is 11.1 Å². The van der Waals surface area contributed by atoms with E-state index >= 15 is 0 Å². The minimum atomic E-state index is 0.0893. The van der Waals surface area contributed by atoms with Crippen molar-refractivity contribution in [2.45, 2.75) is 39.2 Å². The number of hydrogen-bond donors (Lipinski definition) is 2. The van der Waals surface area contributed by atoms with E-state index in [1.807, 2.05) is 0 Å². The Kier molecular flexibility index (Phi) is 5.92. The van der Waals surface area contributed by atoms with Crippen molar-refractivity contribution in [2.75, 3.05) is 26.7 Å². The molecule has 1 rings (SSSR count). The van der Waals surface area contributed by atoms with Gasteiger partial charge >= 0.3 is 0 Å². The van der Waals surface area contributed by atoms with Gasteiger partial charge in [0, 0.05) is 26.1 Å². The molecule has 0 aromatic heterocycles. The molecular formula is C13H27N3O. The summed E-state index contributed by atoms with van der Waals surface area (Å²) < 4.78 is 0. The van der Waals surface area contributed by atoms with E-state index in [0.29, 0.717) is 13.0 Å². The molecular weight excluding hydrogens is 214 g/mol. The highest BCUT2D eigenvalue weighted by Crippen LogP contribution is 2.25. The van der Waals surface area contributed by atoms with E-state index in [9.17, 15) is 4.79 Å². The van der Waals surface area contributed by atoms with E-state index in [2.05, 4.69) is 24.1 Å². The molecule has 0 bridgehead atoms. The zero-order chi connectivity index (χ0) is 12.8. The van der Waals surface area contributed by atoms with Crippen LogP contribution in [0.2, 0.25) is 0 Å². The number of carbonyl (C=O) groups excluding carboxylic acids is 1. The summed E-state index contributed by atoms with van der Waals surface area (Å²) in [4.78, 5) is 13.8. The average molecular weight is 241 g/mol. The SMILES string of the molecule is CNC(=O)CC(CN)N1CCC(C(C)C)CC1. The Bertz CT molecular complexity index is 235. The normalized spacial score (nSPS) is 20.5. The number of nitrogens with zero attached hydrogens (tertiary/aromatic N) is 1. The van der Waals surface area contributed by atoms with Crippen molar-refractivity contribution >= 4 is 5.91 Å². The molecule has 1 heterocycles. The van der Waals surface area contributed by atoms with Gasteiger partial charge in [-0.25, -0.2) is 0 Å². The predicted molar refractivity (Wildman–Crippen MR) is 70.7 cm³/mol. The lowest BCUT2D eigenvalue weighted by molar-refractivity contribution is -0.121. The van der Waals surface area contributed by atoms with Gasteiger partial charge in [-0.2, -0.15) is 0 Å². The van der Waals surface area contributed by atoms with Crippen LogP contribution in [0.5, 0.6) is 0 Å². The maximum atomic E-state index is 11.4. The molecule has 0 aromatic carbocycles. The summed E-state index contributed by atoms with van der Waals surface area (Å²) in [7, 11) is 1.68. The van der Waals surface area contributed by atoms with Crippen LogP contribution in [-0.2, 0) is 4.79 Å². The van der Waals surface area contributed by atoms with Gasteiger partial charge in [-0.05, 0) is 37.8 Å². The lowest BCUT2D eigenvalue weighted by Crippen LogP contribution is -2.47. The van der Waals surface area contributed by atoms with Crippen LogP contribution < -0.4 is 11.1 Å². The molecule has 0 aromatic rings. The molecule has 1 aliphatic rings. The third-order valence-electron chi connectivity index (χ3n) is 4.01. The average Bonchev–Trinajstić information content (AvgIpc) is 2.35. The number of amides is 1. The standard InChI is InChI=1S/C13H27N3O/c1-10(2)11-4-6-16(7-5-11)12(9-14)8-13(17)15-3/h10-12H,4-9,14H2,1-3H3,(H,15,17). The summed E-state index contributed by atoms with van der Waals surface area (Å²) in [5.74, 6) is 1.70. The molecule has 3 N–H and O–H groups in total. The van der Waals surface area contributed by atoms with E-state index in [1.165, 1.54) is 12.8 Å². The van der Waals surface area contributed by atoms with Crippen LogP contribution in [0, 0.1) is 11.8 Å². The number of likely N-dealkylation sites (tertiary alicyclic amines) is 1. The Morgan fingerprint density at radius 2 is 2.00 bits per heavy atom. The summed E-state index contributed by atoms with van der Waals surface area (Å²) in [6, 6.07) is 0.211. The quantitative estimate of drug-likeness (QED) is 0.749. The second-order valence-electron chi connectivity index (χ2n) is 5.38. The highest BCUT2D eigenvalue weighted by molar-refractivity contribution is 5.76. The molecule has 0 aliphatic carbocycles. The third-order valence-corrected chi connectivity index (χ3v) is 4.01. The number of rotatable bonds is 5. The molecule has 1 saturated heterocycles. The zero-order valence-electron chi connectivity index (χ0n) is 11.4. The lowest BCUT2D eigenvalue weighted by atomic mass is 9.86. The topological polar surface area (TPSA) is 58.4 Å². The predicted octanol–water partition coefficient (Wildman–Crippen LogP) is 0.818. The van der Waals surface area contributed by atoms with E-state index in [4.69, 9.17) is 5.73 Å². The Hall–Kier alpha value is -0.610. The summed E-state index contributed by atoms with van der Waals surface area (Å²) in [6.45, 7) is 7.33. The van der Waals surface area contributed by atoms with Crippen molar-refractivity contribution in [3.05, 3.63) is 0 Å². The number of carbonyl (C=O) groups is 1. The maximum Gasteiger partial charge on any atom is 0.221 e. The fourth-order valence-electron chi connectivity index (χ4n) is 2.63. The molecule has 1 amide bonds. The van der Waals surface area contributed by atoms with Crippen LogP contribution in [0.15, 0.2) is 0 Å². The largest absolute Gasteiger partial charge is 0.359 e. The Labute approximate surface area is 105 Å². The van der Waals surface area contributed by atoms with Crippen LogP contribution in [0.4, 0.5) is 0 Å². The van der Waals surface area contributed by atoms with Crippen LogP contribution in [0.25, 0.3) is 0 Å². The van der Waals surface area contributed by atoms with Crippen LogP contribution in [0.1, 0.15) is 33.1 Å². The molecule has 4 nitrogen and oxygen atoms in total. The number of piperidine rings is 1. The van der Waals surface area contributed by atoms with Crippen molar-refractivity contribution in [2.24, 2.45) is 17.6 Å². The van der Waals surface area contributed by atoms with E-state index in [0.717, 1.165) is 24.9 Å². The smallest absolute Gasteiger partial charge is 0.221 e. The van der Waals surface area contributed by atoms with Crippen molar-refractivity contribution in [1.29, 1.82) is 0 Å². The number of nitrogens with two attached hydrogens (primary N) is 1. The first-order valence-electron chi connectivity index (χ1n) is 6.73. The Morgan fingerprint density at radius 3 is 2.41 bits per heavy atom. The molecule has 1 atom stereocenters. The fourth-order valence-corrected chi connectivity index (χ4v) is 2.63. The van der Waals surface area contributed by atoms with Crippen LogP contribution in [-0.4, -0.2) is 43.5 Å². The first-order chi connectivity index (χ1) is 8.08. The molecule has 4 heteroatoms. The number of nitrogens with one attached hydrogen (secondary N) is 1.